The Morgan fingerprint density at radius 3 is 1.67 bits per heavy atom. The maximum atomic E-state index is 8.73. The molecule has 0 heterocycles. The fourth-order valence-electron chi connectivity index (χ4n) is 3.35. The van der Waals surface area contributed by atoms with Crippen molar-refractivity contribution in [3.05, 3.63) is 0 Å². The van der Waals surface area contributed by atoms with Crippen LogP contribution in [0.5, 0.6) is 0 Å². The molecular weight excluding hydrogens is 296 g/mol. The third-order valence-corrected chi connectivity index (χ3v) is 5.05. The molecule has 0 atom stereocenters. The van der Waals surface area contributed by atoms with Crippen molar-refractivity contribution in [3.8, 4) is 0 Å². The minimum Gasteiger partial charge on any atom is -0.396 e. The molecule has 146 valence electrons. The number of unbranched alkanes of at least 4 members (excludes halogenated alkanes) is 10. The molecule has 0 bridgehead atoms. The van der Waals surface area contributed by atoms with Gasteiger partial charge in [0.25, 0.3) is 0 Å². The third kappa shape index (κ3) is 18.3. The van der Waals surface area contributed by atoms with E-state index in [-0.39, 0.29) is 0 Å². The highest BCUT2D eigenvalue weighted by atomic mass is 16.5. The molecule has 24 heavy (non-hydrogen) atoms. The normalized spacial score (nSPS) is 11.5. The first-order valence-electron chi connectivity index (χ1n) is 11.0. The van der Waals surface area contributed by atoms with Gasteiger partial charge < -0.3 is 9.84 Å². The highest BCUT2D eigenvalue weighted by Gasteiger charge is 2.08. The van der Waals surface area contributed by atoms with Crippen molar-refractivity contribution < 1.29 is 9.84 Å². The fourth-order valence-corrected chi connectivity index (χ4v) is 3.35. The minimum atomic E-state index is 0.353. The Bertz CT molecular complexity index is 208. The van der Waals surface area contributed by atoms with E-state index in [1.807, 2.05) is 0 Å². The van der Waals surface area contributed by atoms with E-state index in [2.05, 4.69) is 13.8 Å². The first kappa shape index (κ1) is 23.9. The lowest BCUT2D eigenvalue weighted by atomic mass is 9.92. The number of aliphatic hydroxyl groups excluding tert-OH is 1. The second kappa shape index (κ2) is 21.0. The van der Waals surface area contributed by atoms with E-state index in [1.165, 1.54) is 96.3 Å². The van der Waals surface area contributed by atoms with Crippen LogP contribution >= 0.6 is 0 Å². The van der Waals surface area contributed by atoms with Gasteiger partial charge in [-0.3, -0.25) is 0 Å². The van der Waals surface area contributed by atoms with Crippen molar-refractivity contribution in [1.82, 2.24) is 0 Å². The molecule has 0 spiro atoms. The lowest BCUT2D eigenvalue weighted by Gasteiger charge is -2.17. The van der Waals surface area contributed by atoms with E-state index >= 15 is 0 Å². The molecule has 0 aliphatic carbocycles. The first-order valence-corrected chi connectivity index (χ1v) is 11.0. The molecular formula is C22H46O2. The summed E-state index contributed by atoms with van der Waals surface area (Å²) in [5.41, 5.74) is 0. The SMILES string of the molecule is CCCCCC(CCCCC)CCOCCCCCCCCCO. The van der Waals surface area contributed by atoms with Crippen LogP contribution in [0.15, 0.2) is 0 Å². The van der Waals surface area contributed by atoms with Crippen LogP contribution in [0.4, 0.5) is 0 Å². The van der Waals surface area contributed by atoms with Gasteiger partial charge in [0.1, 0.15) is 0 Å². The van der Waals surface area contributed by atoms with Crippen molar-refractivity contribution in [2.45, 2.75) is 117 Å². The standard InChI is InChI=1S/C22H46O2/c1-3-5-12-16-22(17-13-6-4-2)18-21-24-20-15-11-9-7-8-10-14-19-23/h22-23H,3-21H2,1-2H3. The number of hydrogen-bond acceptors (Lipinski definition) is 2. The molecule has 0 saturated carbocycles. The van der Waals surface area contributed by atoms with Crippen LogP contribution in [0, 0.1) is 5.92 Å². The molecule has 0 aromatic heterocycles. The van der Waals surface area contributed by atoms with Crippen LogP contribution in [0.1, 0.15) is 117 Å². The zero-order chi connectivity index (χ0) is 17.7. The molecule has 0 aromatic rings. The minimum absolute atomic E-state index is 0.353. The topological polar surface area (TPSA) is 29.5 Å². The predicted octanol–water partition coefficient (Wildman–Crippen LogP) is 6.89. The number of hydrogen-bond donors (Lipinski definition) is 1. The molecule has 0 rings (SSSR count). The van der Waals surface area contributed by atoms with Crippen LogP contribution in [0.3, 0.4) is 0 Å². The molecule has 0 amide bonds. The summed E-state index contributed by atoms with van der Waals surface area (Å²) in [6.07, 6.45) is 21.0. The Hall–Kier alpha value is -0.0800. The summed E-state index contributed by atoms with van der Waals surface area (Å²) < 4.78 is 5.89. The second-order valence-electron chi connectivity index (χ2n) is 7.46. The Balaban J connectivity index is 3.46. The maximum absolute atomic E-state index is 8.73. The fraction of sp³-hybridized carbons (Fsp3) is 1.00. The van der Waals surface area contributed by atoms with Crippen molar-refractivity contribution >= 4 is 0 Å². The zero-order valence-corrected chi connectivity index (χ0v) is 16.9. The molecule has 0 saturated heterocycles. The highest BCUT2D eigenvalue weighted by Crippen LogP contribution is 2.21. The van der Waals surface area contributed by atoms with Crippen molar-refractivity contribution in [1.29, 1.82) is 0 Å². The predicted molar refractivity (Wildman–Crippen MR) is 107 cm³/mol. The van der Waals surface area contributed by atoms with E-state index in [0.29, 0.717) is 6.61 Å². The summed E-state index contributed by atoms with van der Waals surface area (Å²) in [5, 5.41) is 8.73. The monoisotopic (exact) mass is 342 g/mol. The van der Waals surface area contributed by atoms with E-state index in [9.17, 15) is 0 Å². The lowest BCUT2D eigenvalue weighted by Crippen LogP contribution is -2.07. The molecule has 1 N–H and O–H groups in total. The summed E-state index contributed by atoms with van der Waals surface area (Å²) in [4.78, 5) is 0. The maximum Gasteiger partial charge on any atom is 0.0468 e. The van der Waals surface area contributed by atoms with Crippen LogP contribution < -0.4 is 0 Å². The van der Waals surface area contributed by atoms with Crippen LogP contribution in [0.25, 0.3) is 0 Å². The zero-order valence-electron chi connectivity index (χ0n) is 16.9. The summed E-state index contributed by atoms with van der Waals surface area (Å²) >= 11 is 0. The van der Waals surface area contributed by atoms with Gasteiger partial charge in [-0.1, -0.05) is 97.3 Å². The number of rotatable bonds is 20. The summed E-state index contributed by atoms with van der Waals surface area (Å²) in [7, 11) is 0. The van der Waals surface area contributed by atoms with Gasteiger partial charge in [-0.05, 0) is 25.2 Å². The van der Waals surface area contributed by atoms with Gasteiger partial charge in [0, 0.05) is 19.8 Å². The average Bonchev–Trinajstić information content (AvgIpc) is 2.59. The van der Waals surface area contributed by atoms with Crippen LogP contribution in [-0.4, -0.2) is 24.9 Å². The van der Waals surface area contributed by atoms with Crippen LogP contribution in [-0.2, 0) is 4.74 Å². The molecule has 0 radical (unpaired) electrons. The third-order valence-electron chi connectivity index (χ3n) is 5.05. The first-order chi connectivity index (χ1) is 11.8. The lowest BCUT2D eigenvalue weighted by molar-refractivity contribution is 0.113. The summed E-state index contributed by atoms with van der Waals surface area (Å²) in [5.74, 6) is 0.898. The van der Waals surface area contributed by atoms with Gasteiger partial charge in [-0.15, -0.1) is 0 Å². The quantitative estimate of drug-likeness (QED) is 0.244. The van der Waals surface area contributed by atoms with Gasteiger partial charge >= 0.3 is 0 Å². The van der Waals surface area contributed by atoms with Gasteiger partial charge in [0.05, 0.1) is 0 Å². The van der Waals surface area contributed by atoms with Gasteiger partial charge in [-0.25, -0.2) is 0 Å². The van der Waals surface area contributed by atoms with Gasteiger partial charge in [0.2, 0.25) is 0 Å². The highest BCUT2D eigenvalue weighted by molar-refractivity contribution is 4.60. The molecule has 0 aliphatic rings. The molecule has 0 unspecified atom stereocenters. The summed E-state index contributed by atoms with van der Waals surface area (Å²) in [6, 6.07) is 0. The summed E-state index contributed by atoms with van der Waals surface area (Å²) in [6.45, 7) is 6.86. The van der Waals surface area contributed by atoms with E-state index < -0.39 is 0 Å². The number of ether oxygens (including phenoxy) is 1. The molecule has 0 fully saturated rings. The van der Waals surface area contributed by atoms with Crippen molar-refractivity contribution in [3.63, 3.8) is 0 Å². The Labute approximate surface area is 152 Å². The Morgan fingerprint density at radius 2 is 1.12 bits per heavy atom. The van der Waals surface area contributed by atoms with E-state index in [0.717, 1.165) is 25.6 Å². The Morgan fingerprint density at radius 1 is 0.583 bits per heavy atom. The smallest absolute Gasteiger partial charge is 0.0468 e. The largest absolute Gasteiger partial charge is 0.396 e. The van der Waals surface area contributed by atoms with Gasteiger partial charge in [-0.2, -0.15) is 0 Å². The second-order valence-corrected chi connectivity index (χ2v) is 7.46. The van der Waals surface area contributed by atoms with Crippen molar-refractivity contribution in [2.24, 2.45) is 5.92 Å². The van der Waals surface area contributed by atoms with Crippen LogP contribution in [0.2, 0.25) is 0 Å². The molecule has 2 nitrogen and oxygen atoms in total. The molecule has 2 heteroatoms. The average molecular weight is 343 g/mol. The van der Waals surface area contributed by atoms with Crippen molar-refractivity contribution in [2.75, 3.05) is 19.8 Å². The van der Waals surface area contributed by atoms with E-state index in [4.69, 9.17) is 9.84 Å². The van der Waals surface area contributed by atoms with E-state index in [1.54, 1.807) is 0 Å². The van der Waals surface area contributed by atoms with Gasteiger partial charge in [0.15, 0.2) is 0 Å². The Kier molecular flexibility index (Phi) is 20.9. The molecule has 0 aromatic carbocycles. The molecule has 0 aliphatic heterocycles. The number of aliphatic hydroxyl groups is 1.